The van der Waals surface area contributed by atoms with Crippen molar-refractivity contribution in [3.8, 4) is 5.75 Å². The zero-order chi connectivity index (χ0) is 25.5. The topological polar surface area (TPSA) is 96.0 Å². The third-order valence-corrected chi connectivity index (χ3v) is 6.30. The van der Waals surface area contributed by atoms with E-state index in [1.165, 1.54) is 17.0 Å². The van der Waals surface area contributed by atoms with Gasteiger partial charge in [-0.15, -0.1) is 0 Å². The molecule has 0 fully saturated rings. The van der Waals surface area contributed by atoms with Crippen molar-refractivity contribution in [2.24, 2.45) is 5.92 Å². The highest BCUT2D eigenvalue weighted by Crippen LogP contribution is 2.20. The van der Waals surface area contributed by atoms with Crippen LogP contribution in [0.25, 0.3) is 0 Å². The van der Waals surface area contributed by atoms with E-state index in [4.69, 9.17) is 4.74 Å². The summed E-state index contributed by atoms with van der Waals surface area (Å²) in [4.78, 5) is 27.5. The highest BCUT2D eigenvalue weighted by atomic mass is 32.2. The molecule has 0 saturated carbocycles. The van der Waals surface area contributed by atoms with E-state index in [2.05, 4.69) is 5.32 Å². The lowest BCUT2D eigenvalue weighted by Gasteiger charge is -2.31. The van der Waals surface area contributed by atoms with Gasteiger partial charge in [-0.3, -0.25) is 13.9 Å². The average Bonchev–Trinajstić information content (AvgIpc) is 2.79. The number of hydrogen-bond donors (Lipinski definition) is 1. The Bertz CT molecular complexity index is 1070. The van der Waals surface area contributed by atoms with E-state index in [-0.39, 0.29) is 24.1 Å². The zero-order valence-corrected chi connectivity index (χ0v) is 20.9. The molecule has 2 aromatic rings. The number of carbonyl (C=O) groups is 2. The number of amides is 2. The molecule has 0 aliphatic heterocycles. The molecular weight excluding hydrogens is 461 g/mol. The van der Waals surface area contributed by atoms with Gasteiger partial charge in [0.25, 0.3) is 0 Å². The summed E-state index contributed by atoms with van der Waals surface area (Å²) in [6, 6.07) is 11.0. The van der Waals surface area contributed by atoms with Gasteiger partial charge in [0.2, 0.25) is 21.8 Å². The van der Waals surface area contributed by atoms with Gasteiger partial charge in [-0.1, -0.05) is 26.0 Å². The third-order valence-electron chi connectivity index (χ3n) is 5.16. The molecule has 34 heavy (non-hydrogen) atoms. The van der Waals surface area contributed by atoms with E-state index >= 15 is 0 Å². The Labute approximate surface area is 200 Å². The van der Waals surface area contributed by atoms with E-state index in [1.807, 2.05) is 13.8 Å². The molecule has 0 saturated heterocycles. The number of halogens is 1. The molecule has 8 nitrogen and oxygen atoms in total. The van der Waals surface area contributed by atoms with E-state index in [0.717, 1.165) is 28.3 Å². The second-order valence-corrected chi connectivity index (χ2v) is 10.3. The maximum Gasteiger partial charge on any atom is 0.244 e. The van der Waals surface area contributed by atoms with E-state index in [1.54, 1.807) is 38.3 Å². The third kappa shape index (κ3) is 7.72. The number of methoxy groups -OCH3 is 1. The van der Waals surface area contributed by atoms with Gasteiger partial charge in [0.15, 0.2) is 0 Å². The molecule has 0 spiro atoms. The first-order valence-corrected chi connectivity index (χ1v) is 12.7. The van der Waals surface area contributed by atoms with Gasteiger partial charge < -0.3 is 15.0 Å². The largest absolute Gasteiger partial charge is 0.497 e. The van der Waals surface area contributed by atoms with Crippen LogP contribution in [0.2, 0.25) is 0 Å². The van der Waals surface area contributed by atoms with Crippen molar-refractivity contribution >= 4 is 27.5 Å². The van der Waals surface area contributed by atoms with Crippen LogP contribution in [0.1, 0.15) is 26.3 Å². The minimum absolute atomic E-state index is 0.0834. The Balaban J connectivity index is 2.34. The van der Waals surface area contributed by atoms with Crippen LogP contribution >= 0.6 is 0 Å². The standard InChI is InChI=1S/C24H32FN3O5S/c1-17(2)14-26-24(30)18(3)27(15-19-6-12-22(33-4)13-7-19)23(29)16-28(34(5,31)32)21-10-8-20(25)9-11-21/h6-13,17-18H,14-16H2,1-5H3,(H,26,30)/t18-/m0/s1. The molecule has 0 aliphatic carbocycles. The molecular formula is C24H32FN3O5S. The highest BCUT2D eigenvalue weighted by Gasteiger charge is 2.30. The van der Waals surface area contributed by atoms with Gasteiger partial charge in [0, 0.05) is 13.1 Å². The van der Waals surface area contributed by atoms with Gasteiger partial charge >= 0.3 is 0 Å². The van der Waals surface area contributed by atoms with Crippen LogP contribution < -0.4 is 14.4 Å². The Morgan fingerprint density at radius 2 is 1.62 bits per heavy atom. The Morgan fingerprint density at radius 1 is 1.03 bits per heavy atom. The van der Waals surface area contributed by atoms with E-state index in [0.29, 0.717) is 12.3 Å². The van der Waals surface area contributed by atoms with Crippen molar-refractivity contribution < 1.29 is 27.1 Å². The molecule has 0 unspecified atom stereocenters. The summed E-state index contributed by atoms with van der Waals surface area (Å²) in [5.74, 6) is -0.578. The van der Waals surface area contributed by atoms with Crippen molar-refractivity contribution in [1.82, 2.24) is 10.2 Å². The lowest BCUT2D eigenvalue weighted by molar-refractivity contribution is -0.139. The molecule has 1 atom stereocenters. The lowest BCUT2D eigenvalue weighted by atomic mass is 10.1. The first-order chi connectivity index (χ1) is 15.9. The second-order valence-electron chi connectivity index (χ2n) is 8.43. The molecule has 10 heteroatoms. The van der Waals surface area contributed by atoms with Crippen LogP contribution in [0.3, 0.4) is 0 Å². The van der Waals surface area contributed by atoms with Crippen LogP contribution in [0.4, 0.5) is 10.1 Å². The summed E-state index contributed by atoms with van der Waals surface area (Å²) in [7, 11) is -2.32. The summed E-state index contributed by atoms with van der Waals surface area (Å²) in [6.45, 7) is 5.50. The molecule has 186 valence electrons. The van der Waals surface area contributed by atoms with Crippen LogP contribution in [-0.4, -0.2) is 57.6 Å². The van der Waals surface area contributed by atoms with E-state index < -0.39 is 34.3 Å². The van der Waals surface area contributed by atoms with Crippen molar-refractivity contribution in [3.63, 3.8) is 0 Å². The Morgan fingerprint density at radius 3 is 2.12 bits per heavy atom. The van der Waals surface area contributed by atoms with Crippen LogP contribution in [0.15, 0.2) is 48.5 Å². The number of rotatable bonds is 11. The van der Waals surface area contributed by atoms with Gasteiger partial charge in [-0.2, -0.15) is 0 Å². The normalized spacial score (nSPS) is 12.2. The highest BCUT2D eigenvalue weighted by molar-refractivity contribution is 7.92. The minimum Gasteiger partial charge on any atom is -0.497 e. The summed E-state index contributed by atoms with van der Waals surface area (Å²) in [6.07, 6.45) is 0.968. The van der Waals surface area contributed by atoms with E-state index in [9.17, 15) is 22.4 Å². The quantitative estimate of drug-likeness (QED) is 0.519. The fraction of sp³-hybridized carbons (Fsp3) is 0.417. The van der Waals surface area contributed by atoms with Crippen LogP contribution in [0, 0.1) is 11.7 Å². The predicted octanol–water partition coefficient (Wildman–Crippen LogP) is 2.79. The van der Waals surface area contributed by atoms with Gasteiger partial charge in [0.05, 0.1) is 19.1 Å². The molecule has 1 N–H and O–H groups in total. The van der Waals surface area contributed by atoms with Crippen molar-refractivity contribution in [2.75, 3.05) is 30.8 Å². The fourth-order valence-corrected chi connectivity index (χ4v) is 4.03. The van der Waals surface area contributed by atoms with Gasteiger partial charge in [-0.25, -0.2) is 12.8 Å². The molecule has 2 aromatic carbocycles. The van der Waals surface area contributed by atoms with Gasteiger partial charge in [0.1, 0.15) is 24.2 Å². The zero-order valence-electron chi connectivity index (χ0n) is 20.1. The minimum atomic E-state index is -3.86. The first kappa shape index (κ1) is 27.1. The van der Waals surface area contributed by atoms with Crippen molar-refractivity contribution in [1.29, 1.82) is 0 Å². The van der Waals surface area contributed by atoms with Crippen LogP contribution in [-0.2, 0) is 26.2 Å². The fourth-order valence-electron chi connectivity index (χ4n) is 3.18. The number of sulfonamides is 1. The number of ether oxygens (including phenoxy) is 1. The predicted molar refractivity (Wildman–Crippen MR) is 129 cm³/mol. The molecule has 2 amide bonds. The maximum atomic E-state index is 13.4. The molecule has 0 bridgehead atoms. The molecule has 0 aliphatic rings. The first-order valence-electron chi connectivity index (χ1n) is 10.9. The summed E-state index contributed by atoms with van der Waals surface area (Å²) < 4.78 is 44.3. The maximum absolute atomic E-state index is 13.4. The number of hydrogen-bond acceptors (Lipinski definition) is 5. The molecule has 0 heterocycles. The molecule has 0 radical (unpaired) electrons. The number of nitrogens with zero attached hydrogens (tertiary/aromatic N) is 2. The Hall–Kier alpha value is -3.14. The molecule has 0 aromatic heterocycles. The van der Waals surface area contributed by atoms with Crippen LogP contribution in [0.5, 0.6) is 5.75 Å². The summed E-state index contributed by atoms with van der Waals surface area (Å²) in [5, 5.41) is 2.82. The Kier molecular flexibility index (Phi) is 9.43. The summed E-state index contributed by atoms with van der Waals surface area (Å²) in [5.41, 5.74) is 0.893. The van der Waals surface area contributed by atoms with Crippen molar-refractivity contribution in [2.45, 2.75) is 33.4 Å². The number of nitrogens with one attached hydrogen (secondary N) is 1. The average molecular weight is 494 g/mol. The number of carbonyl (C=O) groups excluding carboxylic acids is 2. The smallest absolute Gasteiger partial charge is 0.244 e. The SMILES string of the molecule is COc1ccc(CN(C(=O)CN(c2ccc(F)cc2)S(C)(=O)=O)[C@@H](C)C(=O)NCC(C)C)cc1. The monoisotopic (exact) mass is 493 g/mol. The lowest BCUT2D eigenvalue weighted by Crippen LogP contribution is -2.51. The summed E-state index contributed by atoms with van der Waals surface area (Å²) >= 11 is 0. The molecule has 2 rings (SSSR count). The van der Waals surface area contributed by atoms with Crippen molar-refractivity contribution in [3.05, 3.63) is 59.9 Å². The second kappa shape index (κ2) is 11.8. The number of anilines is 1. The number of benzene rings is 2. The van der Waals surface area contributed by atoms with Gasteiger partial charge in [-0.05, 0) is 54.8 Å².